The van der Waals surface area contributed by atoms with Crippen molar-refractivity contribution in [3.05, 3.63) is 35.2 Å². The molecule has 2 aliphatic rings. The molecule has 0 amide bonds. The van der Waals surface area contributed by atoms with Crippen LogP contribution in [-0.2, 0) is 9.47 Å². The van der Waals surface area contributed by atoms with Crippen LogP contribution in [0, 0.1) is 5.92 Å². The number of hydrogen-bond acceptors (Lipinski definition) is 9. The first-order valence-electron chi connectivity index (χ1n) is 9.86. The summed E-state index contributed by atoms with van der Waals surface area (Å²) >= 11 is 0. The van der Waals surface area contributed by atoms with Gasteiger partial charge in [-0.25, -0.2) is 19.8 Å². The largest absolute Gasteiger partial charge is 0.504 e. The highest BCUT2D eigenvalue weighted by Gasteiger charge is 2.29. The molecule has 0 atom stereocenters. The molecule has 1 fully saturated rings. The second-order valence-corrected chi connectivity index (χ2v) is 7.46. The van der Waals surface area contributed by atoms with Crippen LogP contribution in [0.3, 0.4) is 0 Å². The van der Waals surface area contributed by atoms with Crippen LogP contribution in [0.4, 0.5) is 11.7 Å². The molecular formula is C21H24N4O5. The molecule has 1 saturated heterocycles. The highest BCUT2D eigenvalue weighted by atomic mass is 16.5. The number of ether oxygens (including phenoxy) is 2. The Balaban J connectivity index is 1.67. The number of anilines is 1. The van der Waals surface area contributed by atoms with Gasteiger partial charge >= 0.3 is 5.97 Å². The van der Waals surface area contributed by atoms with E-state index in [0.717, 1.165) is 11.1 Å². The third-order valence-electron chi connectivity index (χ3n) is 4.64. The lowest BCUT2D eigenvalue weighted by molar-refractivity contribution is 0.0445. The molecule has 0 saturated carbocycles. The molecule has 4 heterocycles. The van der Waals surface area contributed by atoms with Gasteiger partial charge in [0.25, 0.3) is 0 Å². The van der Waals surface area contributed by atoms with E-state index in [1.807, 2.05) is 31.0 Å². The van der Waals surface area contributed by atoms with Gasteiger partial charge in [0.05, 0.1) is 19.8 Å². The number of nitrogens with zero attached hydrogens (tertiary/aromatic N) is 3. The summed E-state index contributed by atoms with van der Waals surface area (Å²) < 4.78 is 16.5. The van der Waals surface area contributed by atoms with E-state index in [4.69, 9.17) is 13.9 Å². The van der Waals surface area contributed by atoms with Crippen molar-refractivity contribution in [1.29, 1.82) is 0 Å². The molecule has 0 radical (unpaired) electrons. The summed E-state index contributed by atoms with van der Waals surface area (Å²) in [6.45, 7) is 6.47. The first-order valence-corrected chi connectivity index (χ1v) is 9.86. The fourth-order valence-corrected chi connectivity index (χ4v) is 3.12. The van der Waals surface area contributed by atoms with Crippen molar-refractivity contribution in [3.63, 3.8) is 0 Å². The number of pyridine rings is 1. The van der Waals surface area contributed by atoms with Crippen LogP contribution in [0.1, 0.15) is 35.5 Å². The van der Waals surface area contributed by atoms with Gasteiger partial charge in [-0.15, -0.1) is 0 Å². The van der Waals surface area contributed by atoms with E-state index in [0.29, 0.717) is 32.1 Å². The first kappa shape index (κ1) is 20.1. The maximum absolute atomic E-state index is 12.7. The van der Waals surface area contributed by atoms with E-state index in [-0.39, 0.29) is 35.5 Å². The van der Waals surface area contributed by atoms with Crippen LogP contribution in [0.15, 0.2) is 27.7 Å². The normalized spacial score (nSPS) is 17.5. The van der Waals surface area contributed by atoms with E-state index in [1.165, 1.54) is 0 Å². The number of esters is 1. The van der Waals surface area contributed by atoms with E-state index in [2.05, 4.69) is 15.4 Å². The number of rotatable bonds is 6. The number of fused-ring (bicyclic) bond motifs is 1. The Morgan fingerprint density at radius 3 is 2.97 bits per heavy atom. The number of aromatic nitrogens is 1. The Morgan fingerprint density at radius 2 is 2.20 bits per heavy atom. The van der Waals surface area contributed by atoms with Crippen LogP contribution in [-0.4, -0.2) is 60.2 Å². The van der Waals surface area contributed by atoms with Gasteiger partial charge in [-0.1, -0.05) is 13.8 Å². The molecule has 30 heavy (non-hydrogen) atoms. The Hall–Kier alpha value is -3.17. The van der Waals surface area contributed by atoms with Gasteiger partial charge in [-0.3, -0.25) is 5.43 Å². The lowest BCUT2D eigenvalue weighted by Gasteiger charge is -2.26. The number of hydrazine groups is 1. The fourth-order valence-electron chi connectivity index (χ4n) is 3.12. The molecule has 9 heteroatoms. The van der Waals surface area contributed by atoms with E-state index in [1.54, 1.807) is 18.5 Å². The highest BCUT2D eigenvalue weighted by molar-refractivity contribution is 6.21. The maximum Gasteiger partial charge on any atom is 0.347 e. The van der Waals surface area contributed by atoms with Crippen molar-refractivity contribution >= 4 is 35.5 Å². The Morgan fingerprint density at radius 1 is 1.40 bits per heavy atom. The van der Waals surface area contributed by atoms with Crippen LogP contribution < -0.4 is 5.43 Å². The number of morpholine rings is 1. The number of aromatic hydroxyl groups is 1. The minimum atomic E-state index is -0.646. The minimum Gasteiger partial charge on any atom is -0.504 e. The Kier molecular flexibility index (Phi) is 5.82. The zero-order valence-electron chi connectivity index (χ0n) is 16.9. The molecule has 0 aliphatic carbocycles. The SMILES string of the molecule is CC(C)COC(=O)c1c(NN2CCOCC2)oc(C=C2C=Nc3ncccc32)c1O. The van der Waals surface area contributed by atoms with Crippen molar-refractivity contribution in [1.82, 2.24) is 9.99 Å². The predicted molar refractivity (Wildman–Crippen MR) is 112 cm³/mol. The molecule has 2 aromatic heterocycles. The molecule has 9 nitrogen and oxygen atoms in total. The van der Waals surface area contributed by atoms with E-state index >= 15 is 0 Å². The van der Waals surface area contributed by atoms with Crippen LogP contribution in [0.5, 0.6) is 5.75 Å². The summed E-state index contributed by atoms with van der Waals surface area (Å²) in [5.41, 5.74) is 4.59. The molecule has 0 bridgehead atoms. The van der Waals surface area contributed by atoms with Crippen molar-refractivity contribution in [2.24, 2.45) is 10.9 Å². The van der Waals surface area contributed by atoms with Gasteiger partial charge in [0.15, 0.2) is 22.9 Å². The molecule has 0 spiro atoms. The molecule has 0 unspecified atom stereocenters. The standard InChI is InChI=1S/C21H24N4O5/c1-13(2)12-29-21(27)17-18(26)16(30-20(17)24-25-6-8-28-9-7-25)10-14-11-23-19-15(14)4-3-5-22-19/h3-5,10-11,13,24,26H,6-9,12H2,1-2H3. The fraction of sp³-hybridized carbons (Fsp3) is 0.381. The van der Waals surface area contributed by atoms with Crippen LogP contribution >= 0.6 is 0 Å². The highest BCUT2D eigenvalue weighted by Crippen LogP contribution is 2.38. The molecule has 2 N–H and O–H groups in total. The van der Waals surface area contributed by atoms with Crippen molar-refractivity contribution < 1.29 is 23.8 Å². The number of carbonyl (C=O) groups excluding carboxylic acids is 1. The summed E-state index contributed by atoms with van der Waals surface area (Å²) in [5, 5.41) is 12.7. The average Bonchev–Trinajstić information content (AvgIpc) is 3.28. The number of allylic oxidation sites excluding steroid dienone is 1. The summed E-state index contributed by atoms with van der Waals surface area (Å²) in [7, 11) is 0. The number of carbonyl (C=O) groups is 1. The second-order valence-electron chi connectivity index (χ2n) is 7.46. The quantitative estimate of drug-likeness (QED) is 0.697. The van der Waals surface area contributed by atoms with Gasteiger partial charge in [-0.2, -0.15) is 0 Å². The maximum atomic E-state index is 12.7. The van der Waals surface area contributed by atoms with Gasteiger partial charge in [0, 0.05) is 36.6 Å². The molecule has 0 aromatic carbocycles. The topological polar surface area (TPSA) is 109 Å². The molecule has 158 valence electrons. The lowest BCUT2D eigenvalue weighted by atomic mass is 10.1. The van der Waals surface area contributed by atoms with Crippen molar-refractivity contribution in [3.8, 4) is 5.75 Å². The third kappa shape index (κ3) is 4.22. The predicted octanol–water partition coefficient (Wildman–Crippen LogP) is 3.11. The van der Waals surface area contributed by atoms with Crippen molar-refractivity contribution in [2.75, 3.05) is 38.3 Å². The zero-order valence-corrected chi connectivity index (χ0v) is 16.9. The third-order valence-corrected chi connectivity index (χ3v) is 4.64. The van der Waals surface area contributed by atoms with Crippen molar-refractivity contribution in [2.45, 2.75) is 13.8 Å². The summed E-state index contributed by atoms with van der Waals surface area (Å²) in [4.78, 5) is 21.2. The monoisotopic (exact) mass is 412 g/mol. The van der Waals surface area contributed by atoms with Gasteiger partial charge in [0.2, 0.25) is 5.88 Å². The first-order chi connectivity index (χ1) is 14.5. The summed E-state index contributed by atoms with van der Waals surface area (Å²) in [6, 6.07) is 3.69. The number of nitrogens with one attached hydrogen (secondary N) is 1. The molecule has 4 rings (SSSR count). The number of aliphatic imine (C=N–C) groups is 1. The zero-order chi connectivity index (χ0) is 21.1. The summed E-state index contributed by atoms with van der Waals surface area (Å²) in [5.74, 6) is 0.110. The van der Waals surface area contributed by atoms with Gasteiger partial charge in [0.1, 0.15) is 0 Å². The lowest BCUT2D eigenvalue weighted by Crippen LogP contribution is -2.40. The minimum absolute atomic E-state index is 0.0321. The van der Waals surface area contributed by atoms with E-state index < -0.39 is 5.97 Å². The van der Waals surface area contributed by atoms with Gasteiger partial charge in [-0.05, 0) is 24.1 Å². The molecular weight excluding hydrogens is 388 g/mol. The number of furan rings is 1. The van der Waals surface area contributed by atoms with E-state index in [9.17, 15) is 9.90 Å². The Labute approximate surface area is 174 Å². The van der Waals surface area contributed by atoms with Gasteiger partial charge < -0.3 is 19.0 Å². The second kappa shape index (κ2) is 8.68. The van der Waals surface area contributed by atoms with Crippen LogP contribution in [0.25, 0.3) is 11.6 Å². The average molecular weight is 412 g/mol. The molecule has 2 aliphatic heterocycles. The number of hydrogen-bond donors (Lipinski definition) is 2. The summed E-state index contributed by atoms with van der Waals surface area (Å²) in [6.07, 6.45) is 4.94. The Bertz CT molecular complexity index is 989. The smallest absolute Gasteiger partial charge is 0.347 e. The molecule has 2 aromatic rings. The van der Waals surface area contributed by atoms with Crippen LogP contribution in [0.2, 0.25) is 0 Å².